The van der Waals surface area contributed by atoms with Crippen molar-refractivity contribution in [3.63, 3.8) is 0 Å². The summed E-state index contributed by atoms with van der Waals surface area (Å²) in [6, 6.07) is 29.6. The number of pyridine rings is 1. The lowest BCUT2D eigenvalue weighted by atomic mass is 9.69. The summed E-state index contributed by atoms with van der Waals surface area (Å²) in [4.78, 5) is 22.7. The van der Waals surface area contributed by atoms with E-state index in [0.29, 0.717) is 30.3 Å². The van der Waals surface area contributed by atoms with Crippen LogP contribution in [0.2, 0.25) is 5.02 Å². The molecule has 1 saturated heterocycles. The number of aromatic nitrogens is 1. The number of fused-ring (bicyclic) bond motifs is 2. The summed E-state index contributed by atoms with van der Waals surface area (Å²) >= 11 is 6.17. The molecule has 1 spiro atoms. The quantitative estimate of drug-likeness (QED) is 0.233. The smallest absolute Gasteiger partial charge is 0.410 e. The van der Waals surface area contributed by atoms with Crippen molar-refractivity contribution in [1.82, 2.24) is 9.88 Å². The molecule has 0 radical (unpaired) electrons. The van der Waals surface area contributed by atoms with E-state index in [-0.39, 0.29) is 18.1 Å². The molecule has 1 amide bonds. The third-order valence-electron chi connectivity index (χ3n) is 8.45. The molecule has 0 bridgehead atoms. The largest absolute Gasteiger partial charge is 0.493 e. The van der Waals surface area contributed by atoms with E-state index in [1.165, 1.54) is 5.56 Å². The third kappa shape index (κ3) is 5.89. The van der Waals surface area contributed by atoms with Crippen molar-refractivity contribution in [1.29, 1.82) is 5.26 Å². The minimum absolute atomic E-state index is 0.215. The van der Waals surface area contributed by atoms with Crippen molar-refractivity contribution in [2.24, 2.45) is 0 Å². The van der Waals surface area contributed by atoms with Gasteiger partial charge in [0.25, 0.3) is 0 Å². The van der Waals surface area contributed by atoms with E-state index in [9.17, 15) is 10.1 Å². The minimum Gasteiger partial charge on any atom is -0.493 e. The zero-order chi connectivity index (χ0) is 29.8. The first kappa shape index (κ1) is 28.6. The molecule has 0 aliphatic carbocycles. The number of anilines is 1. The Hall–Kier alpha value is -4.54. The number of hydrogen-bond acceptors (Lipinski definition) is 6. The molecule has 4 aromatic rings. The number of carbonyl (C=O) groups is 1. The topological polar surface area (TPSA) is 78.7 Å². The number of nitrogens with zero attached hydrogens (tertiary/aromatic N) is 4. The molecule has 3 aromatic carbocycles. The van der Waals surface area contributed by atoms with Crippen molar-refractivity contribution in [3.8, 4) is 23.1 Å². The van der Waals surface area contributed by atoms with Crippen LogP contribution in [0.4, 0.5) is 10.5 Å². The van der Waals surface area contributed by atoms with Crippen molar-refractivity contribution in [2.75, 3.05) is 31.1 Å². The second-order valence-corrected chi connectivity index (χ2v) is 11.5. The van der Waals surface area contributed by atoms with Gasteiger partial charge in [-0.05, 0) is 67.3 Å². The van der Waals surface area contributed by atoms with E-state index < -0.39 is 0 Å². The van der Waals surface area contributed by atoms with Crippen LogP contribution in [0.25, 0.3) is 11.3 Å². The fraction of sp³-hybridized carbons (Fsp3) is 0.286. The van der Waals surface area contributed by atoms with E-state index in [4.69, 9.17) is 26.1 Å². The van der Waals surface area contributed by atoms with E-state index in [1.54, 1.807) is 11.0 Å². The van der Waals surface area contributed by atoms with Crippen molar-refractivity contribution >= 4 is 23.4 Å². The van der Waals surface area contributed by atoms with Crippen molar-refractivity contribution < 1.29 is 14.3 Å². The van der Waals surface area contributed by atoms with Crippen LogP contribution in [-0.2, 0) is 23.3 Å². The number of rotatable bonds is 6. The molecular weight excluding hydrogens is 560 g/mol. The predicted octanol–water partition coefficient (Wildman–Crippen LogP) is 7.36. The van der Waals surface area contributed by atoms with Gasteiger partial charge in [-0.3, -0.25) is 4.98 Å². The van der Waals surface area contributed by atoms with E-state index in [1.807, 2.05) is 73.7 Å². The van der Waals surface area contributed by atoms with Gasteiger partial charge in [0, 0.05) is 35.6 Å². The number of amides is 1. The summed E-state index contributed by atoms with van der Waals surface area (Å²) in [6.07, 6.45) is 1.25. The van der Waals surface area contributed by atoms with Gasteiger partial charge in [-0.25, -0.2) is 4.79 Å². The lowest BCUT2D eigenvalue weighted by Gasteiger charge is -2.48. The Morgan fingerprint density at radius 2 is 1.79 bits per heavy atom. The van der Waals surface area contributed by atoms with Gasteiger partial charge in [0.2, 0.25) is 0 Å². The molecule has 6 rings (SSSR count). The molecule has 1 aromatic heterocycles. The normalized spacial score (nSPS) is 15.5. The molecule has 1 fully saturated rings. The van der Waals surface area contributed by atoms with Gasteiger partial charge in [-0.15, -0.1) is 0 Å². The molecule has 0 N–H and O–H groups in total. The van der Waals surface area contributed by atoms with Crippen LogP contribution < -0.4 is 9.64 Å². The maximum absolute atomic E-state index is 13.5. The van der Waals surface area contributed by atoms with Crippen LogP contribution >= 0.6 is 11.6 Å². The first-order valence-corrected chi connectivity index (χ1v) is 15.0. The summed E-state index contributed by atoms with van der Waals surface area (Å²) in [5, 5.41) is 10.3. The summed E-state index contributed by atoms with van der Waals surface area (Å²) in [5.41, 5.74) is 5.90. The minimum atomic E-state index is -0.345. The molecule has 2 aliphatic heterocycles. The van der Waals surface area contributed by atoms with Crippen molar-refractivity contribution in [3.05, 3.63) is 112 Å². The molecule has 8 heteroatoms. The lowest BCUT2D eigenvalue weighted by molar-refractivity contribution is 0.0732. The Morgan fingerprint density at radius 1 is 1.02 bits per heavy atom. The molecule has 0 atom stereocenters. The highest BCUT2D eigenvalue weighted by Gasteiger charge is 2.44. The Balaban J connectivity index is 1.32. The zero-order valence-corrected chi connectivity index (χ0v) is 24.9. The number of ether oxygens (including phenoxy) is 2. The van der Waals surface area contributed by atoms with Gasteiger partial charge < -0.3 is 19.3 Å². The second kappa shape index (κ2) is 12.4. The molecule has 7 nitrogen and oxygen atoms in total. The van der Waals surface area contributed by atoms with E-state index in [2.05, 4.69) is 23.1 Å². The lowest BCUT2D eigenvalue weighted by Crippen LogP contribution is -2.53. The summed E-state index contributed by atoms with van der Waals surface area (Å²) in [5.74, 6) is 0.784. The molecule has 2 aliphatic rings. The number of benzene rings is 3. The molecule has 43 heavy (non-hydrogen) atoms. The highest BCUT2D eigenvalue weighted by molar-refractivity contribution is 6.30. The van der Waals surface area contributed by atoms with Crippen LogP contribution in [0.5, 0.6) is 5.75 Å². The van der Waals surface area contributed by atoms with Gasteiger partial charge in [0.15, 0.2) is 0 Å². The number of carbonyl (C=O) groups excluding carboxylic acids is 1. The number of para-hydroxylation sites is 1. The van der Waals surface area contributed by atoms with Crippen LogP contribution in [0, 0.1) is 11.3 Å². The summed E-state index contributed by atoms with van der Waals surface area (Å²) in [7, 11) is 0. The number of halogens is 1. The van der Waals surface area contributed by atoms with Gasteiger partial charge >= 0.3 is 6.09 Å². The average molecular weight is 593 g/mol. The molecular formula is C35H33ClN4O3. The van der Waals surface area contributed by atoms with Crippen molar-refractivity contribution in [2.45, 2.75) is 38.3 Å². The van der Waals surface area contributed by atoms with E-state index >= 15 is 0 Å². The highest BCUT2D eigenvalue weighted by atomic mass is 35.5. The molecule has 3 heterocycles. The number of hydrogen-bond donors (Lipinski definition) is 0. The van der Waals surface area contributed by atoms with Gasteiger partial charge in [-0.2, -0.15) is 5.26 Å². The fourth-order valence-corrected chi connectivity index (χ4v) is 6.49. The van der Waals surface area contributed by atoms with Gasteiger partial charge in [0.1, 0.15) is 18.4 Å². The maximum atomic E-state index is 13.5. The monoisotopic (exact) mass is 592 g/mol. The first-order chi connectivity index (χ1) is 21.0. The molecule has 218 valence electrons. The van der Waals surface area contributed by atoms with E-state index in [0.717, 1.165) is 59.9 Å². The Labute approximate surface area is 257 Å². The SMILES string of the molecule is CCOc1ccccc1-c1ccc2c(n1)CN(C(=O)OCc1ccccc1)CC21CCN(c2ccc(Cl)cc2C#N)CC1. The Bertz CT molecular complexity index is 1660. The van der Waals surface area contributed by atoms with Crippen LogP contribution in [0.3, 0.4) is 0 Å². The van der Waals surface area contributed by atoms with Crippen LogP contribution in [0.15, 0.2) is 84.9 Å². The summed E-state index contributed by atoms with van der Waals surface area (Å²) < 4.78 is 11.7. The van der Waals surface area contributed by atoms with Gasteiger partial charge in [0.05, 0.1) is 35.8 Å². The first-order valence-electron chi connectivity index (χ1n) is 14.6. The second-order valence-electron chi connectivity index (χ2n) is 11.1. The van der Waals surface area contributed by atoms with Gasteiger partial charge in [-0.1, -0.05) is 60.1 Å². The molecule has 0 unspecified atom stereocenters. The zero-order valence-electron chi connectivity index (χ0n) is 24.1. The number of piperidine rings is 1. The third-order valence-corrected chi connectivity index (χ3v) is 8.68. The summed E-state index contributed by atoms with van der Waals surface area (Å²) in [6.45, 7) is 5.12. The van der Waals surface area contributed by atoms with Crippen LogP contribution in [-0.4, -0.2) is 42.2 Å². The molecule has 0 saturated carbocycles. The highest BCUT2D eigenvalue weighted by Crippen LogP contribution is 2.44. The van der Waals surface area contributed by atoms with Crippen LogP contribution in [0.1, 0.15) is 42.1 Å². The fourth-order valence-electron chi connectivity index (χ4n) is 6.32. The average Bonchev–Trinajstić information content (AvgIpc) is 3.04. The Kier molecular flexibility index (Phi) is 8.22. The predicted molar refractivity (Wildman–Crippen MR) is 167 cm³/mol. The maximum Gasteiger partial charge on any atom is 0.410 e. The Morgan fingerprint density at radius 3 is 2.56 bits per heavy atom. The number of nitriles is 1. The standard InChI is InChI=1S/C35H33ClN4O3/c1-2-42-33-11-7-6-10-28(33)30-14-13-29-31(38-30)22-40(34(41)43-23-25-8-4-3-5-9-25)24-35(29)16-18-39(19-17-35)32-15-12-27(36)20-26(32)21-37/h3-15,20H,2,16-19,22-24H2,1H3.